The van der Waals surface area contributed by atoms with Gasteiger partial charge in [-0.3, -0.25) is 4.21 Å². The van der Waals surface area contributed by atoms with Crippen molar-refractivity contribution in [1.82, 2.24) is 5.32 Å². The van der Waals surface area contributed by atoms with Crippen LogP contribution < -0.4 is 38.9 Å². The van der Waals surface area contributed by atoms with Crippen molar-refractivity contribution >= 4 is 107 Å². The third kappa shape index (κ3) is 23.2. The number of nitrogens with one attached hydrogen (secondary N) is 1. The summed E-state index contributed by atoms with van der Waals surface area (Å²) in [6.45, 7) is 8.99. The molecule has 328 valence electrons. The van der Waals surface area contributed by atoms with E-state index in [-0.39, 0.29) is 38.6 Å². The van der Waals surface area contributed by atoms with Crippen LogP contribution in [0.4, 0.5) is 17.1 Å². The standard InChI is InChI=1S/C10H12BrN.C10H12ClNO2S.C10H13NO2S.C6H4Br2.C4H9N.2CH4.Li.O2S/c11-9-4-3-5-10(8-9)12-6-1-2-7-12;11-15(13,14)10-5-3-4-9(8-10)12-6-1-2-7-12;12-14(13)10-5-3-4-9(8-10)11-6-1-2-7-11;7-5-2-1-3-6(8)4-5;1-2-4-5-3-1;;;;1-3-2/h3-5,8H,1-2,6-7H2;3-5,8H,1-2,6-7H2;3-5,8H,1-2,6-7H2,(H,12,13);1-4H;5H,1-4H2;2*1H4;;/q;;;;;;;+1;/p-1. The first-order valence-electron chi connectivity index (χ1n) is 18.7. The number of halogens is 4. The minimum absolute atomic E-state index is 0. The third-order valence-electron chi connectivity index (χ3n) is 9.07. The zero-order chi connectivity index (χ0) is 41.5. The van der Waals surface area contributed by atoms with Gasteiger partial charge in [0, 0.05) is 85.3 Å². The summed E-state index contributed by atoms with van der Waals surface area (Å²) < 4.78 is 63.8. The number of hydrogen-bond acceptors (Lipinski definition) is 10. The van der Waals surface area contributed by atoms with Crippen LogP contribution in [0.25, 0.3) is 0 Å². The van der Waals surface area contributed by atoms with E-state index < -0.39 is 31.7 Å². The molecule has 0 aromatic heterocycles. The molecule has 0 saturated carbocycles. The van der Waals surface area contributed by atoms with Crippen LogP contribution in [-0.4, -0.2) is 78.0 Å². The Hall–Kier alpha value is -1.55. The molecular weight excluding hydrogens is 1030 g/mol. The van der Waals surface area contributed by atoms with Crippen molar-refractivity contribution in [3.05, 3.63) is 110 Å². The van der Waals surface area contributed by atoms with Crippen LogP contribution in [0, 0.1) is 0 Å². The van der Waals surface area contributed by atoms with Crippen molar-refractivity contribution in [3.63, 3.8) is 0 Å². The molecule has 60 heavy (non-hydrogen) atoms. The van der Waals surface area contributed by atoms with E-state index in [2.05, 4.69) is 92.1 Å². The molecule has 0 spiro atoms. The van der Waals surface area contributed by atoms with Crippen molar-refractivity contribution < 1.29 is 44.5 Å². The second-order valence-corrected chi connectivity index (χ2v) is 19.6. The summed E-state index contributed by atoms with van der Waals surface area (Å²) in [5.74, 6) is 0. The average molecular weight is 1090 g/mol. The molecule has 1 unspecified atom stereocenters. The first-order chi connectivity index (χ1) is 27.4. The van der Waals surface area contributed by atoms with Crippen molar-refractivity contribution in [2.75, 3.05) is 67.1 Å². The molecule has 0 radical (unpaired) electrons. The number of anilines is 3. The van der Waals surface area contributed by atoms with Gasteiger partial charge < -0.3 is 24.6 Å². The molecule has 4 aliphatic heterocycles. The summed E-state index contributed by atoms with van der Waals surface area (Å²) in [5, 5.41) is 3.22. The summed E-state index contributed by atoms with van der Waals surface area (Å²) in [7, 11) is 1.68. The normalized spacial score (nSPS) is 15.4. The molecule has 4 aromatic carbocycles. The van der Waals surface area contributed by atoms with Crippen LogP contribution in [0.2, 0.25) is 0 Å². The minimum Gasteiger partial charge on any atom is -0.768 e. The zero-order valence-electron chi connectivity index (χ0n) is 32.6. The van der Waals surface area contributed by atoms with Crippen molar-refractivity contribution in [2.45, 2.75) is 76.0 Å². The first-order valence-corrected chi connectivity index (χ1v) is 25.1. The second-order valence-electron chi connectivity index (χ2n) is 13.2. The Morgan fingerprint density at radius 2 is 0.933 bits per heavy atom. The van der Waals surface area contributed by atoms with E-state index in [9.17, 15) is 17.2 Å². The van der Waals surface area contributed by atoms with Crippen LogP contribution in [0.1, 0.15) is 66.2 Å². The maximum absolute atomic E-state index is 11.1. The van der Waals surface area contributed by atoms with Gasteiger partial charge >= 0.3 is 30.4 Å². The van der Waals surface area contributed by atoms with Crippen LogP contribution >= 0.6 is 58.5 Å². The molecule has 4 fully saturated rings. The Balaban J connectivity index is 0.000000727. The number of rotatable bonds is 5. The summed E-state index contributed by atoms with van der Waals surface area (Å²) in [6, 6.07) is 30.4. The number of benzene rings is 4. The third-order valence-corrected chi connectivity index (χ3v) is 12.5. The summed E-state index contributed by atoms with van der Waals surface area (Å²) in [6.07, 6.45) is 10.2. The molecule has 18 heteroatoms. The fourth-order valence-electron chi connectivity index (χ4n) is 6.30. The number of hydrogen-bond donors (Lipinski definition) is 1. The summed E-state index contributed by atoms with van der Waals surface area (Å²) >= 11 is 7.28. The molecule has 0 bridgehead atoms. The minimum atomic E-state index is -3.61. The van der Waals surface area contributed by atoms with E-state index in [1.54, 1.807) is 30.3 Å². The molecule has 1 N–H and O–H groups in total. The Bertz CT molecular complexity index is 1940. The predicted molar refractivity (Wildman–Crippen MR) is 258 cm³/mol. The van der Waals surface area contributed by atoms with Gasteiger partial charge in [-0.15, -0.1) is 0 Å². The average Bonchev–Trinajstić information content (AvgIpc) is 4.05. The fraction of sp³-hybridized carbons (Fsp3) is 0.429. The molecule has 0 aliphatic carbocycles. The first kappa shape index (κ1) is 58.4. The Kier molecular flexibility index (Phi) is 32.2. The van der Waals surface area contributed by atoms with Gasteiger partial charge in [-0.2, -0.15) is 8.42 Å². The summed E-state index contributed by atoms with van der Waals surface area (Å²) in [4.78, 5) is 7.37. The van der Waals surface area contributed by atoms with Crippen LogP contribution in [-0.2, 0) is 31.7 Å². The van der Waals surface area contributed by atoms with E-state index in [4.69, 9.17) is 19.1 Å². The maximum Gasteiger partial charge on any atom is 1.00 e. The molecular formula is C42H57Br3ClLiN4O6S3. The van der Waals surface area contributed by atoms with E-state index in [1.807, 2.05) is 36.4 Å². The van der Waals surface area contributed by atoms with Crippen molar-refractivity contribution in [1.29, 1.82) is 0 Å². The molecule has 8 rings (SSSR count). The molecule has 4 aromatic rings. The van der Waals surface area contributed by atoms with Gasteiger partial charge in [0.25, 0.3) is 9.05 Å². The quantitative estimate of drug-likeness (QED) is 0.119. The summed E-state index contributed by atoms with van der Waals surface area (Å²) in [5.41, 5.74) is 3.31. The van der Waals surface area contributed by atoms with Gasteiger partial charge in [0.2, 0.25) is 0 Å². The van der Waals surface area contributed by atoms with Crippen molar-refractivity contribution in [3.8, 4) is 0 Å². The van der Waals surface area contributed by atoms with Gasteiger partial charge in [-0.05, 0) is 148 Å². The second kappa shape index (κ2) is 33.0. The smallest absolute Gasteiger partial charge is 0.768 e. The van der Waals surface area contributed by atoms with Crippen LogP contribution in [0.15, 0.2) is 120 Å². The van der Waals surface area contributed by atoms with Gasteiger partial charge in [0.05, 0.1) is 4.90 Å². The Labute approximate surface area is 406 Å². The van der Waals surface area contributed by atoms with E-state index in [0.717, 1.165) is 59.3 Å². The number of nitrogens with zero attached hydrogens (tertiary/aromatic N) is 3. The molecule has 4 aliphatic rings. The molecule has 4 saturated heterocycles. The topological polar surface area (TPSA) is 130 Å². The monoisotopic (exact) mass is 1090 g/mol. The van der Waals surface area contributed by atoms with Gasteiger partial charge in [0.15, 0.2) is 0 Å². The largest absolute Gasteiger partial charge is 1.00 e. The van der Waals surface area contributed by atoms with Crippen LogP contribution in [0.3, 0.4) is 0 Å². The van der Waals surface area contributed by atoms with E-state index >= 15 is 0 Å². The molecule has 1 atom stereocenters. The molecule has 10 nitrogen and oxygen atoms in total. The van der Waals surface area contributed by atoms with E-state index in [0.29, 0.717) is 4.90 Å². The van der Waals surface area contributed by atoms with E-state index in [1.165, 1.54) is 80.9 Å². The van der Waals surface area contributed by atoms with Gasteiger partial charge in [-0.1, -0.05) is 86.9 Å². The van der Waals surface area contributed by atoms with Crippen LogP contribution in [0.5, 0.6) is 0 Å². The zero-order valence-corrected chi connectivity index (χ0v) is 40.5. The van der Waals surface area contributed by atoms with Gasteiger partial charge in [0.1, 0.15) is 0 Å². The molecule has 0 amide bonds. The predicted octanol–water partition coefficient (Wildman–Crippen LogP) is 7.98. The Morgan fingerprint density at radius 3 is 1.27 bits per heavy atom. The molecule has 4 heterocycles. The Morgan fingerprint density at radius 1 is 0.583 bits per heavy atom. The van der Waals surface area contributed by atoms with Crippen molar-refractivity contribution in [2.24, 2.45) is 0 Å². The SMILES string of the molecule is Brc1cccc(Br)c1.Brc1cccc(N2CCCC2)c1.C.C.C1CCNC1.O=S(=O)(Cl)c1cccc(N2CCCC2)c1.O=S([O-])c1cccc(N2CCCC2)c1.O=S=O.[Li+]. The fourth-order valence-corrected chi connectivity index (χ4v) is 8.99. The maximum atomic E-state index is 11.1. The van der Waals surface area contributed by atoms with Gasteiger partial charge in [-0.25, -0.2) is 8.42 Å².